The van der Waals surface area contributed by atoms with Crippen molar-refractivity contribution in [1.29, 1.82) is 0 Å². The molecule has 0 aromatic rings. The summed E-state index contributed by atoms with van der Waals surface area (Å²) in [5.41, 5.74) is -0.238. The van der Waals surface area contributed by atoms with Gasteiger partial charge in [-0.1, -0.05) is 34.6 Å². The van der Waals surface area contributed by atoms with E-state index in [1.165, 1.54) is 0 Å². The molecule has 14 heavy (non-hydrogen) atoms. The summed E-state index contributed by atoms with van der Waals surface area (Å²) >= 11 is 0. The number of nitrogens with zero attached hydrogens (tertiary/aromatic N) is 1. The standard InChI is InChI=1S/C12H23NO/c1-8-7-13(10(3)9(8)2)11(14)12(4,5)6/h8-10H,7H2,1-6H3. The van der Waals surface area contributed by atoms with Gasteiger partial charge in [-0.25, -0.2) is 0 Å². The highest BCUT2D eigenvalue weighted by molar-refractivity contribution is 5.82. The molecule has 82 valence electrons. The molecule has 0 aliphatic carbocycles. The molecule has 3 unspecified atom stereocenters. The summed E-state index contributed by atoms with van der Waals surface area (Å²) in [4.78, 5) is 14.1. The minimum Gasteiger partial charge on any atom is -0.339 e. The molecular weight excluding hydrogens is 174 g/mol. The van der Waals surface area contributed by atoms with E-state index in [2.05, 4.69) is 25.7 Å². The van der Waals surface area contributed by atoms with Crippen molar-refractivity contribution in [3.8, 4) is 0 Å². The Morgan fingerprint density at radius 3 is 2.00 bits per heavy atom. The summed E-state index contributed by atoms with van der Waals surface area (Å²) in [6, 6.07) is 0.400. The monoisotopic (exact) mass is 197 g/mol. The smallest absolute Gasteiger partial charge is 0.228 e. The zero-order chi connectivity index (χ0) is 11.1. The minimum atomic E-state index is -0.238. The van der Waals surface area contributed by atoms with Crippen LogP contribution >= 0.6 is 0 Å². The third kappa shape index (κ3) is 1.94. The lowest BCUT2D eigenvalue weighted by Crippen LogP contribution is -2.42. The average Bonchev–Trinajstić information content (AvgIpc) is 2.30. The van der Waals surface area contributed by atoms with Crippen molar-refractivity contribution in [2.45, 2.75) is 47.6 Å². The van der Waals surface area contributed by atoms with E-state index in [0.717, 1.165) is 6.54 Å². The van der Waals surface area contributed by atoms with Crippen molar-refractivity contribution in [3.63, 3.8) is 0 Å². The van der Waals surface area contributed by atoms with Crippen LogP contribution in [-0.4, -0.2) is 23.4 Å². The fourth-order valence-corrected chi connectivity index (χ4v) is 2.10. The highest BCUT2D eigenvalue weighted by Crippen LogP contribution is 2.32. The minimum absolute atomic E-state index is 0.238. The maximum atomic E-state index is 12.1. The molecule has 1 aliphatic heterocycles. The molecule has 1 heterocycles. The lowest BCUT2D eigenvalue weighted by Gasteiger charge is -2.30. The summed E-state index contributed by atoms with van der Waals surface area (Å²) in [6.45, 7) is 13.6. The number of hydrogen-bond donors (Lipinski definition) is 0. The van der Waals surface area contributed by atoms with Crippen molar-refractivity contribution in [2.75, 3.05) is 6.54 Å². The Morgan fingerprint density at radius 1 is 1.21 bits per heavy atom. The Kier molecular flexibility index (Phi) is 2.93. The van der Waals surface area contributed by atoms with Crippen molar-refractivity contribution < 1.29 is 4.79 Å². The first-order valence-electron chi connectivity index (χ1n) is 5.56. The molecule has 1 amide bonds. The van der Waals surface area contributed by atoms with Crippen LogP contribution in [0, 0.1) is 17.3 Å². The summed E-state index contributed by atoms with van der Waals surface area (Å²) < 4.78 is 0. The zero-order valence-corrected chi connectivity index (χ0v) is 10.3. The Labute approximate surface area is 87.7 Å². The quantitative estimate of drug-likeness (QED) is 0.584. The van der Waals surface area contributed by atoms with E-state index in [0.29, 0.717) is 23.8 Å². The van der Waals surface area contributed by atoms with Crippen LogP contribution in [0.5, 0.6) is 0 Å². The number of likely N-dealkylation sites (tertiary alicyclic amines) is 1. The predicted octanol–water partition coefficient (Wildman–Crippen LogP) is 2.54. The van der Waals surface area contributed by atoms with Gasteiger partial charge in [0.2, 0.25) is 5.91 Å². The molecule has 1 saturated heterocycles. The topological polar surface area (TPSA) is 20.3 Å². The van der Waals surface area contributed by atoms with Crippen molar-refractivity contribution in [3.05, 3.63) is 0 Å². The number of carbonyl (C=O) groups is 1. The van der Waals surface area contributed by atoms with Crippen LogP contribution in [0.1, 0.15) is 41.5 Å². The fourth-order valence-electron chi connectivity index (χ4n) is 2.10. The Balaban J connectivity index is 2.77. The Bertz CT molecular complexity index is 229. The molecule has 2 nitrogen and oxygen atoms in total. The third-order valence-corrected chi connectivity index (χ3v) is 3.54. The molecule has 0 radical (unpaired) electrons. The van der Waals surface area contributed by atoms with Gasteiger partial charge in [0.15, 0.2) is 0 Å². The van der Waals surface area contributed by atoms with Crippen molar-refractivity contribution in [2.24, 2.45) is 17.3 Å². The highest BCUT2D eigenvalue weighted by atomic mass is 16.2. The van der Waals surface area contributed by atoms with Gasteiger partial charge in [0, 0.05) is 18.0 Å². The van der Waals surface area contributed by atoms with Gasteiger partial charge in [0.05, 0.1) is 0 Å². The first kappa shape index (κ1) is 11.5. The largest absolute Gasteiger partial charge is 0.339 e. The fraction of sp³-hybridized carbons (Fsp3) is 0.917. The molecule has 0 N–H and O–H groups in total. The van der Waals surface area contributed by atoms with Gasteiger partial charge in [-0.05, 0) is 18.8 Å². The maximum Gasteiger partial charge on any atom is 0.228 e. The molecule has 0 spiro atoms. The summed E-state index contributed by atoms with van der Waals surface area (Å²) in [6.07, 6.45) is 0. The SMILES string of the molecule is CC1CN(C(=O)C(C)(C)C)C(C)C1C. The van der Waals surface area contributed by atoms with Gasteiger partial charge in [-0.3, -0.25) is 4.79 Å². The first-order valence-corrected chi connectivity index (χ1v) is 5.56. The van der Waals surface area contributed by atoms with Crippen molar-refractivity contribution >= 4 is 5.91 Å². The molecular formula is C12H23NO. The van der Waals surface area contributed by atoms with Crippen LogP contribution in [0.4, 0.5) is 0 Å². The van der Waals surface area contributed by atoms with Gasteiger partial charge < -0.3 is 4.90 Å². The van der Waals surface area contributed by atoms with E-state index in [-0.39, 0.29) is 5.41 Å². The van der Waals surface area contributed by atoms with E-state index >= 15 is 0 Å². The van der Waals surface area contributed by atoms with Crippen LogP contribution in [0.3, 0.4) is 0 Å². The predicted molar refractivity (Wildman–Crippen MR) is 59.0 cm³/mol. The van der Waals surface area contributed by atoms with Crippen LogP contribution < -0.4 is 0 Å². The molecule has 0 aromatic heterocycles. The molecule has 2 heteroatoms. The molecule has 1 rings (SSSR count). The number of rotatable bonds is 0. The van der Waals surface area contributed by atoms with E-state index in [1.807, 2.05) is 20.8 Å². The van der Waals surface area contributed by atoms with Gasteiger partial charge >= 0.3 is 0 Å². The molecule has 1 fully saturated rings. The lowest BCUT2D eigenvalue weighted by atomic mass is 9.93. The molecule has 0 bridgehead atoms. The highest BCUT2D eigenvalue weighted by Gasteiger charge is 2.39. The molecule has 0 saturated carbocycles. The van der Waals surface area contributed by atoms with Crippen LogP contribution in [0.2, 0.25) is 0 Å². The van der Waals surface area contributed by atoms with Gasteiger partial charge in [0.25, 0.3) is 0 Å². The first-order chi connectivity index (χ1) is 6.25. The molecule has 1 aliphatic rings. The van der Waals surface area contributed by atoms with Gasteiger partial charge in [-0.2, -0.15) is 0 Å². The number of hydrogen-bond acceptors (Lipinski definition) is 1. The second kappa shape index (κ2) is 3.56. The second-order valence-corrected chi connectivity index (χ2v) is 5.78. The zero-order valence-electron chi connectivity index (χ0n) is 10.3. The molecule has 0 aromatic carbocycles. The van der Waals surface area contributed by atoms with E-state index in [9.17, 15) is 4.79 Å². The van der Waals surface area contributed by atoms with E-state index in [4.69, 9.17) is 0 Å². The number of amides is 1. The van der Waals surface area contributed by atoms with Crippen LogP contribution in [0.15, 0.2) is 0 Å². The second-order valence-electron chi connectivity index (χ2n) is 5.78. The van der Waals surface area contributed by atoms with Gasteiger partial charge in [-0.15, -0.1) is 0 Å². The normalized spacial score (nSPS) is 33.6. The van der Waals surface area contributed by atoms with Gasteiger partial charge in [0.1, 0.15) is 0 Å². The summed E-state index contributed by atoms with van der Waals surface area (Å²) in [5, 5.41) is 0. The van der Waals surface area contributed by atoms with Crippen LogP contribution in [-0.2, 0) is 4.79 Å². The summed E-state index contributed by atoms with van der Waals surface area (Å²) in [5.74, 6) is 1.55. The Morgan fingerprint density at radius 2 is 1.71 bits per heavy atom. The number of carbonyl (C=O) groups excluding carboxylic acids is 1. The van der Waals surface area contributed by atoms with E-state index in [1.54, 1.807) is 0 Å². The van der Waals surface area contributed by atoms with Crippen molar-refractivity contribution in [1.82, 2.24) is 4.90 Å². The third-order valence-electron chi connectivity index (χ3n) is 3.54. The maximum absolute atomic E-state index is 12.1. The molecule has 3 atom stereocenters. The average molecular weight is 197 g/mol. The Hall–Kier alpha value is -0.530. The summed E-state index contributed by atoms with van der Waals surface area (Å²) in [7, 11) is 0. The van der Waals surface area contributed by atoms with E-state index < -0.39 is 0 Å². The van der Waals surface area contributed by atoms with Crippen LogP contribution in [0.25, 0.3) is 0 Å². The lowest BCUT2D eigenvalue weighted by molar-refractivity contribution is -0.140.